The molecule has 0 aromatic carbocycles. The van der Waals surface area contributed by atoms with E-state index in [0.29, 0.717) is 13.1 Å². The highest BCUT2D eigenvalue weighted by Crippen LogP contribution is 2.39. The lowest BCUT2D eigenvalue weighted by atomic mass is 9.74. The van der Waals surface area contributed by atoms with Gasteiger partial charge >= 0.3 is 12.1 Å². The van der Waals surface area contributed by atoms with E-state index in [4.69, 9.17) is 9.47 Å². The fourth-order valence-electron chi connectivity index (χ4n) is 4.45. The first-order chi connectivity index (χ1) is 14.1. The third kappa shape index (κ3) is 7.11. The smallest absolute Gasteiger partial charge is 0.410 e. The number of ether oxygens (including phenoxy) is 2. The molecular formula is C24H42N2O5. The lowest BCUT2D eigenvalue weighted by Gasteiger charge is -2.45. The van der Waals surface area contributed by atoms with Crippen molar-refractivity contribution in [3.63, 3.8) is 0 Å². The molecule has 1 aliphatic heterocycles. The quantitative estimate of drug-likeness (QED) is 0.595. The minimum absolute atomic E-state index is 0.00510. The molecule has 0 unspecified atom stereocenters. The van der Waals surface area contributed by atoms with E-state index in [1.807, 2.05) is 39.5 Å². The minimum atomic E-state index is -0.821. The molecule has 7 nitrogen and oxygen atoms in total. The van der Waals surface area contributed by atoms with E-state index in [2.05, 4.69) is 13.8 Å². The van der Waals surface area contributed by atoms with E-state index in [9.17, 15) is 14.4 Å². The van der Waals surface area contributed by atoms with Crippen LogP contribution in [0.2, 0.25) is 0 Å². The zero-order valence-electron chi connectivity index (χ0n) is 20.7. The van der Waals surface area contributed by atoms with Gasteiger partial charge in [-0.05, 0) is 72.1 Å². The van der Waals surface area contributed by atoms with Gasteiger partial charge in [-0.3, -0.25) is 9.59 Å². The third-order valence-corrected chi connectivity index (χ3v) is 6.36. The Morgan fingerprint density at radius 1 is 1.00 bits per heavy atom. The van der Waals surface area contributed by atoms with Crippen molar-refractivity contribution in [3.8, 4) is 0 Å². The first-order valence-corrected chi connectivity index (χ1v) is 11.6. The van der Waals surface area contributed by atoms with Gasteiger partial charge in [0.15, 0.2) is 0 Å². The van der Waals surface area contributed by atoms with E-state index in [1.54, 1.807) is 4.90 Å². The van der Waals surface area contributed by atoms with Crippen LogP contribution in [-0.2, 0) is 19.1 Å². The number of nitrogens with zero attached hydrogens (tertiary/aromatic N) is 2. The molecule has 1 saturated carbocycles. The molecule has 0 N–H and O–H groups in total. The summed E-state index contributed by atoms with van der Waals surface area (Å²) in [6, 6.07) is 0.0866. The molecule has 0 aromatic heterocycles. The highest BCUT2D eigenvalue weighted by Gasteiger charge is 2.44. The van der Waals surface area contributed by atoms with Crippen molar-refractivity contribution in [3.05, 3.63) is 0 Å². The maximum atomic E-state index is 13.7. The molecule has 0 radical (unpaired) electrons. The Hall–Kier alpha value is -1.79. The largest absolute Gasteiger partial charge is 0.465 e. The van der Waals surface area contributed by atoms with Crippen molar-refractivity contribution in [2.45, 2.75) is 105 Å². The molecule has 2 amide bonds. The maximum Gasteiger partial charge on any atom is 0.410 e. The number of hydrogen-bond donors (Lipinski definition) is 0. The van der Waals surface area contributed by atoms with Gasteiger partial charge in [-0.15, -0.1) is 0 Å². The van der Waals surface area contributed by atoms with Gasteiger partial charge in [-0.2, -0.15) is 0 Å². The van der Waals surface area contributed by atoms with Gasteiger partial charge in [0.1, 0.15) is 12.2 Å². The summed E-state index contributed by atoms with van der Waals surface area (Å²) in [6.07, 6.45) is 4.43. The summed E-state index contributed by atoms with van der Waals surface area (Å²) >= 11 is 0. The molecule has 1 aliphatic carbocycles. The Morgan fingerprint density at radius 2 is 1.58 bits per heavy atom. The summed E-state index contributed by atoms with van der Waals surface area (Å²) in [4.78, 5) is 41.4. The van der Waals surface area contributed by atoms with Crippen LogP contribution in [-0.4, -0.2) is 65.2 Å². The van der Waals surface area contributed by atoms with Gasteiger partial charge in [0.05, 0.1) is 11.5 Å². The lowest BCUT2D eigenvalue weighted by Crippen LogP contribution is -2.55. The summed E-state index contributed by atoms with van der Waals surface area (Å²) in [5, 5.41) is 0. The fraction of sp³-hybridized carbons (Fsp3) is 0.875. The van der Waals surface area contributed by atoms with Crippen LogP contribution in [0.15, 0.2) is 0 Å². The highest BCUT2D eigenvalue weighted by atomic mass is 16.6. The molecular weight excluding hydrogens is 396 g/mol. The molecule has 2 rings (SSSR count). The average molecular weight is 439 g/mol. The number of esters is 1. The number of rotatable bonds is 5. The van der Waals surface area contributed by atoms with Crippen LogP contribution in [0.5, 0.6) is 0 Å². The second-order valence-electron chi connectivity index (χ2n) is 11.6. The molecule has 1 saturated heterocycles. The molecule has 178 valence electrons. The van der Waals surface area contributed by atoms with Crippen molar-refractivity contribution in [2.24, 2.45) is 10.8 Å². The Labute approximate surface area is 187 Å². The number of hydrogen-bond acceptors (Lipinski definition) is 5. The van der Waals surface area contributed by atoms with Crippen molar-refractivity contribution in [1.29, 1.82) is 0 Å². The minimum Gasteiger partial charge on any atom is -0.465 e. The average Bonchev–Trinajstić information content (AvgIpc) is 3.10. The van der Waals surface area contributed by atoms with Crippen LogP contribution in [0.1, 0.15) is 87.5 Å². The van der Waals surface area contributed by atoms with Crippen molar-refractivity contribution in [2.75, 3.05) is 19.7 Å². The van der Waals surface area contributed by atoms with Crippen LogP contribution in [0, 0.1) is 10.8 Å². The van der Waals surface area contributed by atoms with Crippen molar-refractivity contribution >= 4 is 18.0 Å². The zero-order valence-corrected chi connectivity index (χ0v) is 20.7. The monoisotopic (exact) mass is 438 g/mol. The Morgan fingerprint density at radius 3 is 2.10 bits per heavy atom. The second kappa shape index (κ2) is 9.37. The number of carbonyl (C=O) groups excluding carboxylic acids is 3. The van der Waals surface area contributed by atoms with Crippen LogP contribution >= 0.6 is 0 Å². The summed E-state index contributed by atoms with van der Waals surface area (Å²) in [7, 11) is 0. The van der Waals surface area contributed by atoms with Crippen molar-refractivity contribution < 1.29 is 23.9 Å². The molecule has 1 heterocycles. The first kappa shape index (κ1) is 25.5. The summed E-state index contributed by atoms with van der Waals surface area (Å²) in [5.74, 6) is -0.390. The van der Waals surface area contributed by atoms with Gasteiger partial charge in [0.25, 0.3) is 0 Å². The van der Waals surface area contributed by atoms with Gasteiger partial charge in [-0.1, -0.05) is 13.8 Å². The van der Waals surface area contributed by atoms with E-state index < -0.39 is 11.0 Å². The van der Waals surface area contributed by atoms with E-state index in [-0.39, 0.29) is 42.1 Å². The van der Waals surface area contributed by atoms with Crippen LogP contribution in [0.4, 0.5) is 4.79 Å². The Kier molecular flexibility index (Phi) is 7.70. The highest BCUT2D eigenvalue weighted by molar-refractivity contribution is 5.83. The molecule has 0 spiro atoms. The first-order valence-electron chi connectivity index (χ1n) is 11.6. The molecule has 0 bridgehead atoms. The number of amides is 2. The standard InChI is InChI=1S/C24H42N2O5/c1-17(27)30-16-24(7,8)20(28)26(18-9-12-23(5,6)13-10-18)19-11-14-25(15-19)21(29)31-22(2,3)4/h18-19H,9-16H2,1-8H3/t19-/m0/s1. The predicted octanol–water partition coefficient (Wildman–Crippen LogP) is 4.38. The Bertz CT molecular complexity index is 670. The maximum absolute atomic E-state index is 13.7. The molecule has 7 heteroatoms. The molecule has 1 atom stereocenters. The summed E-state index contributed by atoms with van der Waals surface area (Å²) in [5.41, 5.74) is -1.08. The summed E-state index contributed by atoms with van der Waals surface area (Å²) < 4.78 is 10.7. The fourth-order valence-corrected chi connectivity index (χ4v) is 4.45. The van der Waals surface area contributed by atoms with Crippen LogP contribution < -0.4 is 0 Å². The van der Waals surface area contributed by atoms with Gasteiger partial charge in [-0.25, -0.2) is 4.79 Å². The predicted molar refractivity (Wildman–Crippen MR) is 120 cm³/mol. The SMILES string of the molecule is CC(=O)OCC(C)(C)C(=O)N(C1CCC(C)(C)CC1)[C@H]1CCN(C(=O)OC(C)(C)C)C1. The zero-order chi connectivity index (χ0) is 23.6. The molecule has 2 aliphatic rings. The molecule has 31 heavy (non-hydrogen) atoms. The van der Waals surface area contributed by atoms with Crippen molar-refractivity contribution in [1.82, 2.24) is 9.80 Å². The van der Waals surface area contributed by atoms with Gasteiger partial charge in [0, 0.05) is 26.1 Å². The van der Waals surface area contributed by atoms with Gasteiger partial charge < -0.3 is 19.3 Å². The van der Waals surface area contributed by atoms with E-state index in [1.165, 1.54) is 6.92 Å². The van der Waals surface area contributed by atoms with E-state index in [0.717, 1.165) is 32.1 Å². The topological polar surface area (TPSA) is 76.2 Å². The lowest BCUT2D eigenvalue weighted by molar-refractivity contribution is -0.155. The van der Waals surface area contributed by atoms with Crippen LogP contribution in [0.3, 0.4) is 0 Å². The molecule has 2 fully saturated rings. The summed E-state index contributed by atoms with van der Waals surface area (Å²) in [6.45, 7) is 16.3. The van der Waals surface area contributed by atoms with E-state index >= 15 is 0 Å². The number of carbonyl (C=O) groups is 3. The van der Waals surface area contributed by atoms with Crippen LogP contribution in [0.25, 0.3) is 0 Å². The second-order valence-corrected chi connectivity index (χ2v) is 11.6. The van der Waals surface area contributed by atoms with Gasteiger partial charge in [0.2, 0.25) is 5.91 Å². The Balaban J connectivity index is 2.19. The normalized spacial score (nSPS) is 22.2. The third-order valence-electron chi connectivity index (χ3n) is 6.36. The molecule has 0 aromatic rings. The number of likely N-dealkylation sites (tertiary alicyclic amines) is 1.